The van der Waals surface area contributed by atoms with E-state index in [1.165, 1.54) is 38.2 Å². The van der Waals surface area contributed by atoms with Crippen molar-refractivity contribution in [3.05, 3.63) is 289 Å². The van der Waals surface area contributed by atoms with Gasteiger partial charge in [0.15, 0.2) is 0 Å². The van der Waals surface area contributed by atoms with Crippen LogP contribution >= 0.6 is 46.4 Å². The Labute approximate surface area is 477 Å². The van der Waals surface area contributed by atoms with Crippen molar-refractivity contribution >= 4 is 106 Å². The summed E-state index contributed by atoms with van der Waals surface area (Å²) in [6.45, 7) is 13.8. The van der Waals surface area contributed by atoms with Gasteiger partial charge in [0.25, 0.3) is 0 Å². The fourth-order valence-electron chi connectivity index (χ4n) is 7.97. The third-order valence-electron chi connectivity index (χ3n) is 12.3. The monoisotopic (exact) mass is 1110 g/mol. The van der Waals surface area contributed by atoms with Crippen LogP contribution in [0.3, 0.4) is 0 Å². The third-order valence-corrected chi connectivity index (χ3v) is 13.3. The predicted octanol–water partition coefficient (Wildman–Crippen LogP) is 20.4. The smallest absolute Gasteiger partial charge is 0.126 e. The third kappa shape index (κ3) is 17.8. The molecule has 2 aromatic heterocycles. The molecule has 0 unspecified atom stereocenters. The number of rotatable bonds is 1. The molecule has 0 aliphatic rings. The van der Waals surface area contributed by atoms with Gasteiger partial charge in [-0.15, -0.1) is 0 Å². The van der Waals surface area contributed by atoms with E-state index in [0.29, 0.717) is 10.6 Å². The normalized spacial score (nSPS) is 10.1. The molecule has 12 rings (SSSR count). The Morgan fingerprint density at radius 1 is 0.487 bits per heavy atom. The number of hydrogen-bond acceptors (Lipinski definition) is 3. The zero-order valence-corrected chi connectivity index (χ0v) is 47.6. The van der Waals surface area contributed by atoms with Crippen LogP contribution in [0.2, 0.25) is 20.1 Å². The molecule has 0 radical (unpaired) electrons. The number of nitrogen functional groups attached to an aromatic ring is 1. The summed E-state index contributed by atoms with van der Waals surface area (Å²) in [4.78, 5) is 7.04. The highest BCUT2D eigenvalue weighted by atomic mass is 35.5. The van der Waals surface area contributed by atoms with E-state index < -0.39 is 0 Å². The van der Waals surface area contributed by atoms with Crippen LogP contribution in [-0.2, 0) is 0 Å². The van der Waals surface area contributed by atoms with Crippen molar-refractivity contribution in [2.75, 3.05) is 0 Å². The number of halogens is 5. The molecular formula is C68H60Cl4FN5. The molecule has 0 saturated heterocycles. The second-order valence-corrected chi connectivity index (χ2v) is 20.3. The average Bonchev–Trinajstić information content (AvgIpc) is 3.82. The first-order valence-corrected chi connectivity index (χ1v) is 26.5. The number of benzene rings is 10. The molecule has 5 nitrogen and oxygen atoms in total. The zero-order chi connectivity index (χ0) is 56.3. The Bertz CT molecular complexity index is 3830. The summed E-state index contributed by atoms with van der Waals surface area (Å²) in [5.41, 5.74) is 15.7. The second-order valence-electron chi connectivity index (χ2n) is 18.6. The maximum atomic E-state index is 13.0. The molecule has 10 aromatic carbocycles. The van der Waals surface area contributed by atoms with Crippen LogP contribution in [0, 0.1) is 71.0 Å². The molecule has 392 valence electrons. The molecule has 78 heavy (non-hydrogen) atoms. The van der Waals surface area contributed by atoms with Crippen LogP contribution < -0.4 is 5.73 Å². The molecule has 4 N–H and O–H groups in total. The highest BCUT2D eigenvalue weighted by molar-refractivity contribution is 6.35. The van der Waals surface area contributed by atoms with E-state index in [1.54, 1.807) is 19.2 Å². The number of nitrogens with zero attached hydrogens (tertiary/aromatic N) is 2. The standard InChI is InChI=1S/C12H12N2.C12H9N.C11H9Cl.C11H9F.C9H8ClN.C7H7Cl.C6H6ClN/c1-8-6-9-4-2-3-5-10(9)7-11(8)12(13)14;1-9-6-10-4-2-3-5-11(10)7-12(9)8-13;1-8-2-3-10-7-11(12)5-4-9(10)6-8;1-8-6-9-4-2-3-5-10(9)7-11(8)12;1-6-2-3-7-8(10)5-11-9(7)4-6;1-6-2-4-7(8)5-3-6;1-5-2-3-6(7)4-8-5/h2-7H,1H3,(H3,13,14);2-7H,1H3;2*2-7H,1H3;2-5,11H,1H3;2-5H,1H3;2-4H,1H3. The topological polar surface area (TPSA) is 102 Å². The zero-order valence-electron chi connectivity index (χ0n) is 44.6. The Morgan fingerprint density at radius 2 is 0.949 bits per heavy atom. The number of hydrogen-bond donors (Lipinski definition) is 3. The van der Waals surface area contributed by atoms with Gasteiger partial charge in [0.2, 0.25) is 0 Å². The number of amidine groups is 1. The first kappa shape index (κ1) is 59.2. The van der Waals surface area contributed by atoms with Gasteiger partial charge in [-0.1, -0.05) is 191 Å². The van der Waals surface area contributed by atoms with Crippen molar-refractivity contribution in [1.82, 2.24) is 9.97 Å². The SMILES string of the molecule is Cc1cc2ccccc2cc1C#N.Cc1cc2ccccc2cc1C(=N)N.Cc1cc2ccccc2cc1F.Cc1ccc(Cl)cc1.Cc1ccc(Cl)cn1.Cc1ccc2c(Cl)c[nH]c2c1.Cc1ccc2cc(Cl)ccc2c1. The van der Waals surface area contributed by atoms with Gasteiger partial charge in [-0.05, 0) is 181 Å². The highest BCUT2D eigenvalue weighted by Gasteiger charge is 2.04. The molecule has 10 heteroatoms. The maximum absolute atomic E-state index is 13.0. The molecule has 0 spiro atoms. The van der Waals surface area contributed by atoms with Gasteiger partial charge in [0.05, 0.1) is 21.7 Å². The van der Waals surface area contributed by atoms with Crippen LogP contribution in [0.25, 0.3) is 54.0 Å². The summed E-state index contributed by atoms with van der Waals surface area (Å²) in [7, 11) is 0. The Hall–Kier alpha value is -8.02. The van der Waals surface area contributed by atoms with Crippen molar-refractivity contribution in [2.45, 2.75) is 48.5 Å². The average molecular weight is 1110 g/mol. The number of H-pyrrole nitrogens is 1. The quantitative estimate of drug-likeness (QED) is 0.113. The predicted molar refractivity (Wildman–Crippen MR) is 334 cm³/mol. The lowest BCUT2D eigenvalue weighted by molar-refractivity contribution is 0.620. The minimum absolute atomic E-state index is 0.131. The van der Waals surface area contributed by atoms with E-state index in [4.69, 9.17) is 62.8 Å². The van der Waals surface area contributed by atoms with E-state index in [-0.39, 0.29) is 11.7 Å². The Balaban J connectivity index is 0.000000148. The van der Waals surface area contributed by atoms with Gasteiger partial charge < -0.3 is 10.7 Å². The van der Waals surface area contributed by atoms with Gasteiger partial charge in [0, 0.05) is 44.6 Å². The van der Waals surface area contributed by atoms with Gasteiger partial charge in [-0.2, -0.15) is 5.26 Å². The molecule has 0 aliphatic carbocycles. The molecule has 0 atom stereocenters. The van der Waals surface area contributed by atoms with Crippen molar-refractivity contribution in [3.8, 4) is 6.07 Å². The lowest BCUT2D eigenvalue weighted by Crippen LogP contribution is -2.12. The van der Waals surface area contributed by atoms with Crippen molar-refractivity contribution in [2.24, 2.45) is 5.73 Å². The van der Waals surface area contributed by atoms with Crippen molar-refractivity contribution in [1.29, 1.82) is 10.7 Å². The van der Waals surface area contributed by atoms with Crippen molar-refractivity contribution < 1.29 is 4.39 Å². The fraction of sp³-hybridized carbons (Fsp3) is 0.103. The van der Waals surface area contributed by atoms with Gasteiger partial charge in [-0.25, -0.2) is 4.39 Å². The van der Waals surface area contributed by atoms with Gasteiger partial charge in [-0.3, -0.25) is 10.4 Å². The Kier molecular flexibility index (Phi) is 22.0. The van der Waals surface area contributed by atoms with Crippen LogP contribution in [-0.4, -0.2) is 15.8 Å². The molecule has 0 aliphatic heterocycles. The number of aryl methyl sites for hydroxylation is 7. The number of nitrogens with one attached hydrogen (secondary N) is 2. The number of nitriles is 1. The number of pyridine rings is 1. The number of fused-ring (bicyclic) bond motifs is 5. The van der Waals surface area contributed by atoms with Gasteiger partial charge in [0.1, 0.15) is 11.7 Å². The first-order chi connectivity index (χ1) is 37.4. The number of nitrogens with two attached hydrogens (primary N) is 1. The molecular weight excluding hydrogens is 1050 g/mol. The minimum atomic E-state index is -0.131. The summed E-state index contributed by atoms with van der Waals surface area (Å²) >= 11 is 22.9. The van der Waals surface area contributed by atoms with Crippen LogP contribution in [0.5, 0.6) is 0 Å². The van der Waals surface area contributed by atoms with Crippen LogP contribution in [0.15, 0.2) is 213 Å². The maximum Gasteiger partial charge on any atom is 0.126 e. The molecule has 12 aromatic rings. The Morgan fingerprint density at radius 3 is 1.50 bits per heavy atom. The van der Waals surface area contributed by atoms with E-state index in [0.717, 1.165) is 75.5 Å². The minimum Gasteiger partial charge on any atom is -0.384 e. The summed E-state index contributed by atoms with van der Waals surface area (Å²) < 4.78 is 13.0. The van der Waals surface area contributed by atoms with E-state index in [2.05, 4.69) is 78.4 Å². The summed E-state index contributed by atoms with van der Waals surface area (Å²) in [5, 5.41) is 29.6. The summed E-state index contributed by atoms with van der Waals surface area (Å²) in [6.07, 6.45) is 3.45. The largest absolute Gasteiger partial charge is 0.384 e. The molecule has 0 bridgehead atoms. The molecule has 2 heterocycles. The van der Waals surface area contributed by atoms with Crippen molar-refractivity contribution in [3.63, 3.8) is 0 Å². The lowest BCUT2D eigenvalue weighted by atomic mass is 10.0. The fourth-order valence-corrected chi connectivity index (χ4v) is 8.61. The second kappa shape index (κ2) is 28.9. The van der Waals surface area contributed by atoms with Crippen LogP contribution in [0.1, 0.15) is 50.2 Å². The first-order valence-electron chi connectivity index (χ1n) is 24.9. The summed E-state index contributed by atoms with van der Waals surface area (Å²) in [6, 6.07) is 67.5. The summed E-state index contributed by atoms with van der Waals surface area (Å²) in [5.74, 6) is 0.00181. The molecule has 0 fully saturated rings. The molecule has 0 saturated carbocycles. The lowest BCUT2D eigenvalue weighted by Gasteiger charge is -2.05. The highest BCUT2D eigenvalue weighted by Crippen LogP contribution is 2.25. The van der Waals surface area contributed by atoms with E-state index in [9.17, 15) is 4.39 Å². The molecule has 0 amide bonds. The number of aromatic amines is 1. The van der Waals surface area contributed by atoms with E-state index in [1.807, 2.05) is 179 Å². The van der Waals surface area contributed by atoms with Gasteiger partial charge >= 0.3 is 0 Å². The van der Waals surface area contributed by atoms with E-state index >= 15 is 0 Å². The van der Waals surface area contributed by atoms with Crippen LogP contribution in [0.4, 0.5) is 4.39 Å². The number of aromatic nitrogens is 2.